The number of carbonyl (C=O) groups is 4. The van der Waals surface area contributed by atoms with Crippen LogP contribution in [0.15, 0.2) is 66.3 Å². The average Bonchev–Trinajstić information content (AvgIpc) is 3.40. The van der Waals surface area contributed by atoms with E-state index in [4.69, 9.17) is 4.84 Å². The molecule has 0 unspecified atom stereocenters. The molecule has 0 spiro atoms. The Morgan fingerprint density at radius 2 is 1.70 bits per heavy atom. The van der Waals surface area contributed by atoms with Crippen LogP contribution in [-0.4, -0.2) is 80.0 Å². The molecule has 3 N–H and O–H groups in total. The molecule has 1 saturated heterocycles. The van der Waals surface area contributed by atoms with Gasteiger partial charge in [-0.3, -0.25) is 19.6 Å². The summed E-state index contributed by atoms with van der Waals surface area (Å²) in [5, 5.41) is 28.2. The second-order valence-electron chi connectivity index (χ2n) is 12.0. The number of amides is 3. The van der Waals surface area contributed by atoms with Crippen LogP contribution in [0, 0.1) is 11.8 Å². The summed E-state index contributed by atoms with van der Waals surface area (Å²) < 4.78 is 0. The van der Waals surface area contributed by atoms with Crippen molar-refractivity contribution < 1.29 is 34.3 Å². The third-order valence-electron chi connectivity index (χ3n) is 8.69. The molecule has 1 heterocycles. The van der Waals surface area contributed by atoms with Gasteiger partial charge < -0.3 is 20.2 Å². The number of carboxylic acid groups (broad SMARTS) is 1. The SMILES string of the molecule is C=C[C@@H]1C[C@@]1(NC(=O)[C@@H]1C[C@@H](ON=C2c3ccccc3-c3ccccc32)CN1C(=O)[C@@H](C(C)C)N(O)C(=O)CCC)C(=O)O. The fourth-order valence-corrected chi connectivity index (χ4v) is 6.23. The standard InChI is InChI=1S/C33H38N4O7/c1-5-11-27(38)37(43)29(19(3)4)31(40)36-18-21(16-26(36)30(39)34-33(32(41)42)17-20(33)6-2)44-35-28-24-14-9-7-12-22(24)23-13-8-10-15-25(23)28/h6-10,12-15,19-21,26,29,43H,2,5,11,16-18H2,1,3-4H3,(H,34,39)(H,41,42)/t20-,21-,26+,29-,33+/m1/s1. The lowest BCUT2D eigenvalue weighted by Crippen LogP contribution is -2.57. The van der Waals surface area contributed by atoms with Crippen LogP contribution in [0.4, 0.5) is 0 Å². The van der Waals surface area contributed by atoms with Gasteiger partial charge in [0.15, 0.2) is 0 Å². The third kappa shape index (κ3) is 5.47. The maximum Gasteiger partial charge on any atom is 0.330 e. The molecule has 1 aliphatic heterocycles. The highest BCUT2D eigenvalue weighted by Gasteiger charge is 2.61. The molecule has 11 nitrogen and oxygen atoms in total. The Morgan fingerprint density at radius 3 is 2.20 bits per heavy atom. The first-order valence-electron chi connectivity index (χ1n) is 15.0. The predicted molar refractivity (Wildman–Crippen MR) is 161 cm³/mol. The second-order valence-corrected chi connectivity index (χ2v) is 12.0. The van der Waals surface area contributed by atoms with E-state index in [1.807, 2.05) is 48.5 Å². The lowest BCUT2D eigenvalue weighted by Gasteiger charge is -2.34. The number of hydrogen-bond donors (Lipinski definition) is 3. The maximum atomic E-state index is 14.0. The van der Waals surface area contributed by atoms with E-state index in [1.54, 1.807) is 20.8 Å². The van der Waals surface area contributed by atoms with Crippen molar-refractivity contribution in [2.75, 3.05) is 6.54 Å². The molecule has 232 valence electrons. The number of aliphatic carboxylic acids is 1. The molecule has 1 saturated carbocycles. The first-order valence-corrected chi connectivity index (χ1v) is 15.0. The minimum absolute atomic E-state index is 0.0330. The van der Waals surface area contributed by atoms with E-state index in [1.165, 1.54) is 11.0 Å². The van der Waals surface area contributed by atoms with Gasteiger partial charge in [0.2, 0.25) is 17.7 Å². The number of fused-ring (bicyclic) bond motifs is 3. The van der Waals surface area contributed by atoms with E-state index >= 15 is 0 Å². The molecule has 5 rings (SSSR count). The number of hydroxylamine groups is 2. The number of nitrogens with one attached hydrogen (secondary N) is 1. The lowest BCUT2D eigenvalue weighted by atomic mass is 10.0. The van der Waals surface area contributed by atoms with Crippen molar-refractivity contribution in [1.29, 1.82) is 0 Å². The van der Waals surface area contributed by atoms with Gasteiger partial charge in [0.25, 0.3) is 0 Å². The van der Waals surface area contributed by atoms with E-state index < -0.39 is 59.3 Å². The molecule has 2 aromatic rings. The van der Waals surface area contributed by atoms with Gasteiger partial charge >= 0.3 is 5.97 Å². The van der Waals surface area contributed by atoms with Crippen molar-refractivity contribution in [3.63, 3.8) is 0 Å². The van der Waals surface area contributed by atoms with Crippen LogP contribution in [0.25, 0.3) is 11.1 Å². The Kier molecular flexibility index (Phi) is 8.60. The zero-order valence-corrected chi connectivity index (χ0v) is 25.1. The Labute approximate surface area is 256 Å². The van der Waals surface area contributed by atoms with Gasteiger partial charge in [0.05, 0.1) is 6.54 Å². The summed E-state index contributed by atoms with van der Waals surface area (Å²) in [4.78, 5) is 59.6. The number of benzene rings is 2. The summed E-state index contributed by atoms with van der Waals surface area (Å²) in [5.74, 6) is -4.01. The number of carboxylic acids is 1. The van der Waals surface area contributed by atoms with Gasteiger partial charge in [0, 0.05) is 29.9 Å². The van der Waals surface area contributed by atoms with Gasteiger partial charge in [-0.15, -0.1) is 6.58 Å². The highest BCUT2D eigenvalue weighted by molar-refractivity contribution is 6.24. The molecule has 3 amide bonds. The summed E-state index contributed by atoms with van der Waals surface area (Å²) in [7, 11) is 0. The molecule has 3 aliphatic rings. The third-order valence-corrected chi connectivity index (χ3v) is 8.69. The second kappa shape index (κ2) is 12.2. The largest absolute Gasteiger partial charge is 0.479 e. The van der Waals surface area contributed by atoms with Crippen LogP contribution in [0.1, 0.15) is 57.6 Å². The van der Waals surface area contributed by atoms with Crippen molar-refractivity contribution >= 4 is 29.4 Å². The Balaban J connectivity index is 1.44. The summed E-state index contributed by atoms with van der Waals surface area (Å²) >= 11 is 0. The van der Waals surface area contributed by atoms with Gasteiger partial charge in [-0.2, -0.15) is 0 Å². The average molecular weight is 603 g/mol. The summed E-state index contributed by atoms with van der Waals surface area (Å²) in [5.41, 5.74) is 2.96. The molecular weight excluding hydrogens is 564 g/mol. The normalized spacial score (nSPS) is 23.8. The van der Waals surface area contributed by atoms with E-state index in [9.17, 15) is 29.5 Å². The van der Waals surface area contributed by atoms with E-state index in [-0.39, 0.29) is 25.8 Å². The smallest absolute Gasteiger partial charge is 0.330 e. The van der Waals surface area contributed by atoms with Gasteiger partial charge in [-0.25, -0.2) is 9.86 Å². The number of rotatable bonds is 11. The van der Waals surface area contributed by atoms with Crippen molar-refractivity contribution in [2.45, 2.75) is 70.2 Å². The van der Waals surface area contributed by atoms with E-state index in [0.29, 0.717) is 17.2 Å². The molecule has 0 bridgehead atoms. The van der Waals surface area contributed by atoms with Gasteiger partial charge in [-0.1, -0.05) is 80.5 Å². The highest BCUT2D eigenvalue weighted by atomic mass is 16.6. The number of hydrogen-bond acceptors (Lipinski definition) is 7. The Bertz CT molecular complexity index is 1470. The fourth-order valence-electron chi connectivity index (χ4n) is 6.23. The van der Waals surface area contributed by atoms with E-state index in [2.05, 4.69) is 17.1 Å². The first kappa shape index (κ1) is 30.9. The lowest BCUT2D eigenvalue weighted by molar-refractivity contribution is -0.188. The topological polar surface area (TPSA) is 149 Å². The first-order chi connectivity index (χ1) is 21.0. The van der Waals surface area contributed by atoms with Crippen LogP contribution in [0.3, 0.4) is 0 Å². The number of oxime groups is 1. The minimum atomic E-state index is -1.50. The summed E-state index contributed by atoms with van der Waals surface area (Å²) in [6, 6.07) is 13.3. The molecule has 5 atom stereocenters. The quantitative estimate of drug-likeness (QED) is 0.173. The number of nitrogens with zero attached hydrogens (tertiary/aromatic N) is 3. The molecule has 44 heavy (non-hydrogen) atoms. The molecule has 2 fully saturated rings. The monoisotopic (exact) mass is 602 g/mol. The Morgan fingerprint density at radius 1 is 1.11 bits per heavy atom. The molecule has 2 aromatic carbocycles. The van der Waals surface area contributed by atoms with Gasteiger partial charge in [-0.05, 0) is 29.9 Å². The zero-order chi connectivity index (χ0) is 31.8. The molecular formula is C33H38N4O7. The van der Waals surface area contributed by atoms with Crippen LogP contribution in [-0.2, 0) is 24.0 Å². The molecule has 2 aliphatic carbocycles. The summed E-state index contributed by atoms with van der Waals surface area (Å²) in [6.45, 7) is 8.80. The molecule has 11 heteroatoms. The minimum Gasteiger partial charge on any atom is -0.479 e. The van der Waals surface area contributed by atoms with Crippen molar-refractivity contribution in [3.05, 3.63) is 72.3 Å². The molecule has 0 aromatic heterocycles. The van der Waals surface area contributed by atoms with Crippen LogP contribution in [0.5, 0.6) is 0 Å². The summed E-state index contributed by atoms with van der Waals surface area (Å²) in [6.07, 6.45) is 1.52. The van der Waals surface area contributed by atoms with Crippen LogP contribution >= 0.6 is 0 Å². The number of carbonyl (C=O) groups excluding carboxylic acids is 3. The van der Waals surface area contributed by atoms with Gasteiger partial charge in [0.1, 0.15) is 29.4 Å². The maximum absolute atomic E-state index is 14.0. The van der Waals surface area contributed by atoms with E-state index in [0.717, 1.165) is 22.3 Å². The zero-order valence-electron chi connectivity index (χ0n) is 25.1. The highest BCUT2D eigenvalue weighted by Crippen LogP contribution is 2.45. The number of likely N-dealkylation sites (tertiary alicyclic amines) is 1. The van der Waals surface area contributed by atoms with Crippen molar-refractivity contribution in [2.24, 2.45) is 17.0 Å². The predicted octanol–water partition coefficient (Wildman–Crippen LogP) is 3.59. The Hall–Kier alpha value is -4.51. The van der Waals surface area contributed by atoms with Crippen LogP contribution in [0.2, 0.25) is 0 Å². The van der Waals surface area contributed by atoms with Crippen LogP contribution < -0.4 is 5.32 Å². The molecule has 0 radical (unpaired) electrons. The van der Waals surface area contributed by atoms with Crippen molar-refractivity contribution in [3.8, 4) is 11.1 Å². The van der Waals surface area contributed by atoms with Crippen molar-refractivity contribution in [1.82, 2.24) is 15.3 Å². The fraction of sp³-hybridized carbons (Fsp3) is 0.424.